The molecule has 10 heteroatoms. The average molecular weight is 599 g/mol. The predicted octanol–water partition coefficient (Wildman–Crippen LogP) is 7.58. The molecule has 1 N–H and O–H groups in total. The standard InChI is InChI=1S/C33H31N2O7P/c36-33-22-32(34-31-17-16-28(21-30(31)33)35-18-7-8-19-35)27-14-9-15-29(20-27)40-43(37,41-38-23-25-10-3-1-4-11-25)42-39-24-26-12-5-2-6-13-26/h1-6,9-17,20-22H,7-8,18-19,23-24H2,(H,34,36). The third kappa shape index (κ3) is 7.40. The summed E-state index contributed by atoms with van der Waals surface area (Å²) in [6, 6.07) is 32.7. The van der Waals surface area contributed by atoms with E-state index in [1.807, 2.05) is 84.9 Å². The van der Waals surface area contributed by atoms with Crippen molar-refractivity contribution < 1.29 is 28.2 Å². The second-order valence-electron chi connectivity index (χ2n) is 10.2. The number of rotatable bonds is 12. The Kier molecular flexibility index (Phi) is 8.98. The fourth-order valence-corrected chi connectivity index (χ4v) is 5.74. The van der Waals surface area contributed by atoms with Crippen molar-refractivity contribution in [2.45, 2.75) is 26.1 Å². The number of hydrogen-bond donors (Lipinski definition) is 1. The van der Waals surface area contributed by atoms with E-state index in [2.05, 4.69) is 9.88 Å². The van der Waals surface area contributed by atoms with Crippen LogP contribution >= 0.6 is 7.82 Å². The van der Waals surface area contributed by atoms with Crippen molar-refractivity contribution in [3.05, 3.63) is 131 Å². The van der Waals surface area contributed by atoms with Crippen LogP contribution in [0.5, 0.6) is 5.75 Å². The smallest absolute Gasteiger partial charge is 0.401 e. The molecule has 0 saturated carbocycles. The molecular weight excluding hydrogens is 567 g/mol. The fourth-order valence-electron chi connectivity index (χ4n) is 4.92. The summed E-state index contributed by atoms with van der Waals surface area (Å²) < 4.78 is 29.6. The van der Waals surface area contributed by atoms with Crippen LogP contribution in [0.1, 0.15) is 24.0 Å². The van der Waals surface area contributed by atoms with Gasteiger partial charge in [0.2, 0.25) is 0 Å². The molecule has 5 aromatic rings. The zero-order valence-electron chi connectivity index (χ0n) is 23.4. The molecule has 4 aromatic carbocycles. The molecule has 0 amide bonds. The summed E-state index contributed by atoms with van der Waals surface area (Å²) in [5, 5.41) is 0.623. The number of H-pyrrole nitrogens is 1. The van der Waals surface area contributed by atoms with Crippen LogP contribution in [0.4, 0.5) is 5.69 Å². The second-order valence-corrected chi connectivity index (χ2v) is 11.6. The lowest BCUT2D eigenvalue weighted by Gasteiger charge is -2.18. The van der Waals surface area contributed by atoms with Crippen LogP contribution in [0.25, 0.3) is 22.2 Å². The quantitative estimate of drug-likeness (QED) is 0.0892. The molecule has 1 saturated heterocycles. The van der Waals surface area contributed by atoms with Gasteiger partial charge in [-0.15, -0.1) is 9.35 Å². The van der Waals surface area contributed by atoms with Gasteiger partial charge in [0, 0.05) is 47.0 Å². The molecular formula is C33H31N2O7P. The number of benzene rings is 4. The largest absolute Gasteiger partial charge is 0.585 e. The van der Waals surface area contributed by atoms with E-state index in [1.54, 1.807) is 24.3 Å². The maximum absolute atomic E-state index is 13.6. The zero-order valence-corrected chi connectivity index (χ0v) is 24.3. The Balaban J connectivity index is 1.20. The third-order valence-electron chi connectivity index (χ3n) is 7.07. The fraction of sp³-hybridized carbons (Fsp3) is 0.182. The van der Waals surface area contributed by atoms with Gasteiger partial charge in [0.05, 0.1) is 0 Å². The third-order valence-corrected chi connectivity index (χ3v) is 8.08. The van der Waals surface area contributed by atoms with E-state index in [0.29, 0.717) is 16.6 Å². The van der Waals surface area contributed by atoms with E-state index >= 15 is 0 Å². The second kappa shape index (κ2) is 13.4. The average Bonchev–Trinajstić information content (AvgIpc) is 3.57. The minimum Gasteiger partial charge on any atom is -0.401 e. The monoisotopic (exact) mass is 598 g/mol. The molecule has 220 valence electrons. The number of pyridine rings is 1. The number of anilines is 1. The summed E-state index contributed by atoms with van der Waals surface area (Å²) in [5.41, 5.74) is 4.49. The van der Waals surface area contributed by atoms with Crippen LogP contribution in [0.15, 0.2) is 114 Å². The van der Waals surface area contributed by atoms with Crippen LogP contribution in [0.2, 0.25) is 0 Å². The number of hydrogen-bond acceptors (Lipinski definition) is 8. The van der Waals surface area contributed by atoms with Crippen molar-refractivity contribution in [3.63, 3.8) is 0 Å². The summed E-state index contributed by atoms with van der Waals surface area (Å²) in [4.78, 5) is 29.3. The molecule has 1 fully saturated rings. The number of nitrogens with one attached hydrogen (secondary N) is 1. The van der Waals surface area contributed by atoms with Gasteiger partial charge in [-0.2, -0.15) is 0 Å². The van der Waals surface area contributed by atoms with Gasteiger partial charge in [-0.3, -0.25) is 4.79 Å². The van der Waals surface area contributed by atoms with Crippen molar-refractivity contribution in [2.24, 2.45) is 0 Å². The first-order valence-electron chi connectivity index (χ1n) is 14.1. The highest BCUT2D eigenvalue weighted by atomic mass is 31.2. The van der Waals surface area contributed by atoms with Gasteiger partial charge in [-0.05, 0) is 54.3 Å². The Morgan fingerprint density at radius 2 is 1.37 bits per heavy atom. The molecule has 1 aliphatic rings. The maximum Gasteiger partial charge on any atom is 0.585 e. The summed E-state index contributed by atoms with van der Waals surface area (Å²) in [5.74, 6) is 0.165. The molecule has 0 aliphatic carbocycles. The molecule has 0 bridgehead atoms. The molecule has 2 heterocycles. The molecule has 6 rings (SSSR count). The number of fused-ring (bicyclic) bond motifs is 1. The summed E-state index contributed by atoms with van der Waals surface area (Å²) in [6.45, 7) is 2.02. The minimum atomic E-state index is -4.41. The van der Waals surface area contributed by atoms with Crippen molar-refractivity contribution in [3.8, 4) is 17.0 Å². The van der Waals surface area contributed by atoms with Crippen LogP contribution in [-0.4, -0.2) is 18.1 Å². The highest BCUT2D eigenvalue weighted by molar-refractivity contribution is 7.48. The Labute approximate surface area is 249 Å². The van der Waals surface area contributed by atoms with Gasteiger partial charge in [0.1, 0.15) is 19.0 Å². The molecule has 1 aromatic heterocycles. The highest BCUT2D eigenvalue weighted by Crippen LogP contribution is 2.50. The lowest BCUT2D eigenvalue weighted by atomic mass is 10.1. The highest BCUT2D eigenvalue weighted by Gasteiger charge is 2.33. The molecule has 43 heavy (non-hydrogen) atoms. The van der Waals surface area contributed by atoms with Crippen LogP contribution in [0, 0.1) is 0 Å². The first kappa shape index (κ1) is 28.9. The van der Waals surface area contributed by atoms with E-state index in [-0.39, 0.29) is 24.4 Å². The van der Waals surface area contributed by atoms with Gasteiger partial charge in [0.15, 0.2) is 5.43 Å². The minimum absolute atomic E-state index is 0.00801. The molecule has 9 nitrogen and oxygen atoms in total. The van der Waals surface area contributed by atoms with Crippen molar-refractivity contribution in [1.82, 2.24) is 4.98 Å². The Bertz CT molecular complexity index is 1720. The number of phosphoric acid groups is 1. The lowest BCUT2D eigenvalue weighted by Crippen LogP contribution is -2.17. The van der Waals surface area contributed by atoms with Crippen molar-refractivity contribution in [2.75, 3.05) is 18.0 Å². The topological polar surface area (TPSA) is 99.3 Å². The van der Waals surface area contributed by atoms with Crippen LogP contribution in [-0.2, 0) is 36.9 Å². The molecule has 0 radical (unpaired) electrons. The van der Waals surface area contributed by atoms with Gasteiger partial charge in [0.25, 0.3) is 0 Å². The first-order valence-corrected chi connectivity index (χ1v) is 15.5. The van der Waals surface area contributed by atoms with Crippen LogP contribution < -0.4 is 14.9 Å². The Hall–Kier alpha value is -4.24. The number of nitrogens with zero attached hydrogens (tertiary/aromatic N) is 1. The maximum atomic E-state index is 13.6. The van der Waals surface area contributed by atoms with E-state index in [9.17, 15) is 9.36 Å². The Morgan fingerprint density at radius 3 is 2.02 bits per heavy atom. The first-order chi connectivity index (χ1) is 21.0. The number of aromatic nitrogens is 1. The normalized spacial score (nSPS) is 13.4. The predicted molar refractivity (Wildman–Crippen MR) is 164 cm³/mol. The van der Waals surface area contributed by atoms with Crippen molar-refractivity contribution in [1.29, 1.82) is 0 Å². The van der Waals surface area contributed by atoms with Crippen molar-refractivity contribution >= 4 is 24.4 Å². The lowest BCUT2D eigenvalue weighted by molar-refractivity contribution is -0.287. The molecule has 0 atom stereocenters. The van der Waals surface area contributed by atoms with Gasteiger partial charge in [-0.1, -0.05) is 72.8 Å². The number of aromatic amines is 1. The van der Waals surface area contributed by atoms with Gasteiger partial charge in [-0.25, -0.2) is 14.3 Å². The summed E-state index contributed by atoms with van der Waals surface area (Å²) >= 11 is 0. The van der Waals surface area contributed by atoms with E-state index in [0.717, 1.165) is 48.3 Å². The summed E-state index contributed by atoms with van der Waals surface area (Å²) in [7, 11) is -4.41. The molecule has 0 spiro atoms. The molecule has 1 aliphatic heterocycles. The van der Waals surface area contributed by atoms with E-state index < -0.39 is 7.82 Å². The van der Waals surface area contributed by atoms with Gasteiger partial charge < -0.3 is 14.4 Å². The van der Waals surface area contributed by atoms with E-state index in [1.165, 1.54) is 0 Å². The Morgan fingerprint density at radius 1 is 0.721 bits per heavy atom. The summed E-state index contributed by atoms with van der Waals surface area (Å²) in [6.07, 6.45) is 2.32. The molecule has 0 unspecified atom stereocenters. The van der Waals surface area contributed by atoms with Gasteiger partial charge >= 0.3 is 7.82 Å². The van der Waals surface area contributed by atoms with Crippen LogP contribution in [0.3, 0.4) is 0 Å². The SMILES string of the molecule is O=c1cc(-c2cccc(OP(=O)(OOCc3ccccc3)OOCc3ccccc3)c2)[nH]c2ccc(N3CCCC3)cc12. The van der Waals surface area contributed by atoms with E-state index in [4.69, 9.17) is 23.6 Å². The zero-order chi connectivity index (χ0) is 29.5.